The molecular formula is C19H17F2N5O. The van der Waals surface area contributed by atoms with Gasteiger partial charge in [-0.25, -0.2) is 13.8 Å². The van der Waals surface area contributed by atoms with Crippen LogP contribution in [0, 0.1) is 18.6 Å². The maximum Gasteiger partial charge on any atom is 0.229 e. The SMILES string of the molecule is CC(=O)Nc1ccc(Nc2cc(C)nc(Nc3c(F)cccc3F)n2)cc1. The van der Waals surface area contributed by atoms with Gasteiger partial charge in [0.2, 0.25) is 11.9 Å². The smallest absolute Gasteiger partial charge is 0.229 e. The lowest BCUT2D eigenvalue weighted by atomic mass is 10.2. The molecule has 0 radical (unpaired) electrons. The Bertz CT molecular complexity index is 956. The standard InChI is InChI=1S/C19H17F2N5O/c1-11-10-17(24-14-8-6-13(7-9-14)23-12(2)27)25-19(22-11)26-18-15(20)4-3-5-16(18)21/h3-10H,1-2H3,(H,23,27)(H2,22,24,25,26). The minimum absolute atomic E-state index is 0.0661. The quantitative estimate of drug-likeness (QED) is 0.617. The van der Waals surface area contributed by atoms with E-state index in [2.05, 4.69) is 25.9 Å². The van der Waals surface area contributed by atoms with Crippen molar-refractivity contribution in [3.8, 4) is 0 Å². The maximum atomic E-state index is 13.8. The van der Waals surface area contributed by atoms with Crippen LogP contribution in [-0.4, -0.2) is 15.9 Å². The second-order valence-electron chi connectivity index (χ2n) is 5.82. The van der Waals surface area contributed by atoms with Crippen LogP contribution in [0.15, 0.2) is 48.5 Å². The summed E-state index contributed by atoms with van der Waals surface area (Å²) in [7, 11) is 0. The number of anilines is 5. The van der Waals surface area contributed by atoms with E-state index in [0.29, 0.717) is 17.2 Å². The lowest BCUT2D eigenvalue weighted by Crippen LogP contribution is -2.06. The number of amides is 1. The van der Waals surface area contributed by atoms with Gasteiger partial charge in [-0.15, -0.1) is 0 Å². The fraction of sp³-hybridized carbons (Fsp3) is 0.105. The van der Waals surface area contributed by atoms with E-state index in [1.54, 1.807) is 37.3 Å². The Balaban J connectivity index is 1.80. The van der Waals surface area contributed by atoms with Gasteiger partial charge in [0.1, 0.15) is 23.1 Å². The maximum absolute atomic E-state index is 13.8. The summed E-state index contributed by atoms with van der Waals surface area (Å²) in [5.41, 5.74) is 1.70. The molecule has 0 aliphatic rings. The second-order valence-corrected chi connectivity index (χ2v) is 5.82. The number of para-hydroxylation sites is 1. The number of nitrogens with one attached hydrogen (secondary N) is 3. The van der Waals surface area contributed by atoms with E-state index in [9.17, 15) is 13.6 Å². The van der Waals surface area contributed by atoms with Crippen molar-refractivity contribution in [2.75, 3.05) is 16.0 Å². The molecule has 3 N–H and O–H groups in total. The molecule has 27 heavy (non-hydrogen) atoms. The minimum Gasteiger partial charge on any atom is -0.340 e. The van der Waals surface area contributed by atoms with Crippen LogP contribution in [0.2, 0.25) is 0 Å². The predicted molar refractivity (Wildman–Crippen MR) is 100 cm³/mol. The zero-order valence-corrected chi connectivity index (χ0v) is 14.7. The molecule has 8 heteroatoms. The lowest BCUT2D eigenvalue weighted by Gasteiger charge is -2.11. The summed E-state index contributed by atoms with van der Waals surface area (Å²) >= 11 is 0. The van der Waals surface area contributed by atoms with Gasteiger partial charge in [0.15, 0.2) is 0 Å². The monoisotopic (exact) mass is 369 g/mol. The highest BCUT2D eigenvalue weighted by molar-refractivity contribution is 5.88. The summed E-state index contributed by atoms with van der Waals surface area (Å²) in [6.07, 6.45) is 0. The molecule has 0 bridgehead atoms. The highest BCUT2D eigenvalue weighted by atomic mass is 19.1. The van der Waals surface area contributed by atoms with Crippen LogP contribution in [-0.2, 0) is 4.79 Å². The van der Waals surface area contributed by atoms with Gasteiger partial charge in [0.25, 0.3) is 0 Å². The van der Waals surface area contributed by atoms with E-state index in [0.717, 1.165) is 17.8 Å². The molecule has 0 spiro atoms. The summed E-state index contributed by atoms with van der Waals surface area (Å²) < 4.78 is 27.6. The number of carbonyl (C=O) groups excluding carboxylic acids is 1. The third kappa shape index (κ3) is 4.75. The number of halogens is 2. The van der Waals surface area contributed by atoms with Crippen LogP contribution in [0.3, 0.4) is 0 Å². The molecule has 1 heterocycles. The van der Waals surface area contributed by atoms with Crippen molar-refractivity contribution in [1.82, 2.24) is 9.97 Å². The summed E-state index contributed by atoms with van der Waals surface area (Å²) in [5.74, 6) is -1.10. The second kappa shape index (κ2) is 7.77. The third-order valence-corrected chi connectivity index (χ3v) is 3.53. The van der Waals surface area contributed by atoms with E-state index < -0.39 is 11.6 Å². The Morgan fingerprint density at radius 2 is 1.56 bits per heavy atom. The molecule has 1 amide bonds. The van der Waals surface area contributed by atoms with Crippen LogP contribution >= 0.6 is 0 Å². The average molecular weight is 369 g/mol. The summed E-state index contributed by atoms with van der Waals surface area (Å²) in [6, 6.07) is 12.3. The molecule has 2 aromatic carbocycles. The molecule has 0 saturated carbocycles. The van der Waals surface area contributed by atoms with Crippen molar-refractivity contribution < 1.29 is 13.6 Å². The Labute approximate surface area is 154 Å². The molecule has 1 aromatic heterocycles. The van der Waals surface area contributed by atoms with Crippen molar-refractivity contribution in [3.05, 3.63) is 65.9 Å². The first-order valence-corrected chi connectivity index (χ1v) is 8.12. The first-order valence-electron chi connectivity index (χ1n) is 8.12. The van der Waals surface area contributed by atoms with Crippen LogP contribution in [0.4, 0.5) is 37.6 Å². The Kier molecular flexibility index (Phi) is 5.25. The van der Waals surface area contributed by atoms with Crippen molar-refractivity contribution in [1.29, 1.82) is 0 Å². The van der Waals surface area contributed by atoms with Crippen LogP contribution in [0.1, 0.15) is 12.6 Å². The van der Waals surface area contributed by atoms with Crippen LogP contribution < -0.4 is 16.0 Å². The summed E-state index contributed by atoms with van der Waals surface area (Å²) in [6.45, 7) is 3.18. The van der Waals surface area contributed by atoms with Gasteiger partial charge in [-0.2, -0.15) is 4.98 Å². The van der Waals surface area contributed by atoms with Crippen LogP contribution in [0.25, 0.3) is 0 Å². The molecule has 0 atom stereocenters. The third-order valence-electron chi connectivity index (χ3n) is 3.53. The predicted octanol–water partition coefficient (Wildman–Crippen LogP) is 4.51. The average Bonchev–Trinajstić information content (AvgIpc) is 2.59. The number of hydrogen-bond donors (Lipinski definition) is 3. The van der Waals surface area contributed by atoms with Gasteiger partial charge in [-0.1, -0.05) is 6.07 Å². The minimum atomic E-state index is -0.733. The van der Waals surface area contributed by atoms with Crippen molar-refractivity contribution in [2.45, 2.75) is 13.8 Å². The fourth-order valence-electron chi connectivity index (χ4n) is 2.41. The summed E-state index contributed by atoms with van der Waals surface area (Å²) in [4.78, 5) is 19.5. The van der Waals surface area contributed by atoms with Gasteiger partial charge in [-0.05, 0) is 43.3 Å². The number of rotatable bonds is 5. The van der Waals surface area contributed by atoms with Gasteiger partial charge < -0.3 is 16.0 Å². The van der Waals surface area contributed by atoms with E-state index in [4.69, 9.17) is 0 Å². The number of aromatic nitrogens is 2. The zero-order chi connectivity index (χ0) is 19.4. The lowest BCUT2D eigenvalue weighted by molar-refractivity contribution is -0.114. The van der Waals surface area contributed by atoms with Crippen LogP contribution in [0.5, 0.6) is 0 Å². The molecule has 6 nitrogen and oxygen atoms in total. The Morgan fingerprint density at radius 3 is 2.19 bits per heavy atom. The highest BCUT2D eigenvalue weighted by Crippen LogP contribution is 2.23. The number of benzene rings is 2. The first kappa shape index (κ1) is 18.2. The van der Waals surface area contributed by atoms with Crippen molar-refractivity contribution in [3.63, 3.8) is 0 Å². The molecule has 0 aliphatic carbocycles. The van der Waals surface area contributed by atoms with Crippen molar-refractivity contribution >= 4 is 34.7 Å². The Morgan fingerprint density at radius 1 is 0.926 bits per heavy atom. The van der Waals surface area contributed by atoms with Gasteiger partial charge >= 0.3 is 0 Å². The number of aryl methyl sites for hydroxylation is 1. The van der Waals surface area contributed by atoms with E-state index in [1.807, 2.05) is 0 Å². The highest BCUT2D eigenvalue weighted by Gasteiger charge is 2.11. The normalized spacial score (nSPS) is 10.4. The van der Waals surface area contributed by atoms with E-state index in [-0.39, 0.29) is 17.5 Å². The van der Waals surface area contributed by atoms with Crippen molar-refractivity contribution in [2.24, 2.45) is 0 Å². The zero-order valence-electron chi connectivity index (χ0n) is 14.7. The fourth-order valence-corrected chi connectivity index (χ4v) is 2.41. The summed E-state index contributed by atoms with van der Waals surface area (Å²) in [5, 5.41) is 8.35. The van der Waals surface area contributed by atoms with Gasteiger partial charge in [0.05, 0.1) is 0 Å². The van der Waals surface area contributed by atoms with Gasteiger partial charge in [0, 0.05) is 30.1 Å². The topological polar surface area (TPSA) is 78.9 Å². The number of carbonyl (C=O) groups is 1. The number of nitrogens with zero attached hydrogens (tertiary/aromatic N) is 2. The van der Waals surface area contributed by atoms with E-state index >= 15 is 0 Å². The first-order chi connectivity index (χ1) is 12.9. The van der Waals surface area contributed by atoms with Gasteiger partial charge in [-0.3, -0.25) is 4.79 Å². The molecule has 0 aliphatic heterocycles. The molecular weight excluding hydrogens is 352 g/mol. The molecule has 0 unspecified atom stereocenters. The molecule has 3 rings (SSSR count). The Hall–Kier alpha value is -3.55. The van der Waals surface area contributed by atoms with E-state index in [1.165, 1.54) is 13.0 Å². The largest absolute Gasteiger partial charge is 0.340 e. The molecule has 138 valence electrons. The molecule has 0 fully saturated rings. The molecule has 0 saturated heterocycles. The number of hydrogen-bond acceptors (Lipinski definition) is 5. The molecule has 3 aromatic rings.